The van der Waals surface area contributed by atoms with Crippen LogP contribution in [0.4, 0.5) is 4.39 Å². The van der Waals surface area contributed by atoms with Gasteiger partial charge in [-0.05, 0) is 57.4 Å². The smallest absolute Gasteiger partial charge is 0.271 e. The van der Waals surface area contributed by atoms with E-state index in [0.717, 1.165) is 32.7 Å². The Morgan fingerprint density at radius 2 is 1.47 bits per heavy atom. The normalized spacial score (nSPS) is 11.2. The number of hydrazone groups is 1. The molecule has 1 amide bonds. The van der Waals surface area contributed by atoms with E-state index < -0.39 is 11.7 Å². The van der Waals surface area contributed by atoms with Gasteiger partial charge in [-0.2, -0.15) is 5.10 Å². The van der Waals surface area contributed by atoms with Gasteiger partial charge < -0.3 is 4.74 Å². The summed E-state index contributed by atoms with van der Waals surface area (Å²) in [5.41, 5.74) is 4.68. The summed E-state index contributed by atoms with van der Waals surface area (Å²) in [6.07, 6.45) is 1.59. The first-order valence-electron chi connectivity index (χ1n) is 10.9. The van der Waals surface area contributed by atoms with Crippen LogP contribution in [0.3, 0.4) is 0 Å². The van der Waals surface area contributed by atoms with Crippen molar-refractivity contribution in [2.45, 2.75) is 6.61 Å². The number of hydrogen-bond donors (Lipinski definition) is 1. The zero-order chi connectivity index (χ0) is 23.3. The number of fused-ring (bicyclic) bond motifs is 2. The first kappa shape index (κ1) is 21.3. The molecular formula is C29H21FN2O2. The van der Waals surface area contributed by atoms with E-state index in [1.165, 1.54) is 24.3 Å². The van der Waals surface area contributed by atoms with Gasteiger partial charge in [-0.15, -0.1) is 0 Å². The van der Waals surface area contributed by atoms with E-state index in [2.05, 4.69) is 34.8 Å². The average Bonchev–Trinajstić information content (AvgIpc) is 2.88. The van der Waals surface area contributed by atoms with Crippen LogP contribution in [0.15, 0.2) is 108 Å². The lowest BCUT2D eigenvalue weighted by atomic mass is 10.0. The summed E-state index contributed by atoms with van der Waals surface area (Å²) >= 11 is 0. The number of benzene rings is 5. The second-order valence-electron chi connectivity index (χ2n) is 7.83. The Hall–Kier alpha value is -4.51. The Balaban J connectivity index is 1.42. The highest BCUT2D eigenvalue weighted by Crippen LogP contribution is 2.28. The van der Waals surface area contributed by atoms with Gasteiger partial charge in [0.15, 0.2) is 0 Å². The van der Waals surface area contributed by atoms with Crippen LogP contribution in [0.1, 0.15) is 21.5 Å². The third-order valence-electron chi connectivity index (χ3n) is 5.66. The van der Waals surface area contributed by atoms with Crippen LogP contribution in [0, 0.1) is 5.82 Å². The molecule has 1 N–H and O–H groups in total. The summed E-state index contributed by atoms with van der Waals surface area (Å²) in [6.45, 7) is 0.391. The Bertz CT molecular complexity index is 1510. The standard InChI is InChI=1S/C29H21FN2O2/c30-24-15-12-22(13-16-24)29(33)32-31-18-27-26-11-4-2-7-21(26)14-17-28(27)34-19-23-9-5-8-20-6-1-3-10-25(20)23/h1-18H,19H2,(H,32,33)/b31-18-. The molecule has 0 bridgehead atoms. The summed E-state index contributed by atoms with van der Waals surface area (Å²) in [7, 11) is 0. The quantitative estimate of drug-likeness (QED) is 0.239. The number of hydrogen-bond acceptors (Lipinski definition) is 3. The summed E-state index contributed by atoms with van der Waals surface area (Å²) < 4.78 is 19.4. The lowest BCUT2D eigenvalue weighted by Gasteiger charge is -2.13. The fourth-order valence-electron chi connectivity index (χ4n) is 3.93. The largest absolute Gasteiger partial charge is 0.488 e. The maximum absolute atomic E-state index is 13.1. The van der Waals surface area contributed by atoms with E-state index in [1.807, 2.05) is 54.6 Å². The van der Waals surface area contributed by atoms with E-state index in [-0.39, 0.29) is 0 Å². The zero-order valence-electron chi connectivity index (χ0n) is 18.2. The molecule has 0 saturated heterocycles. The van der Waals surface area contributed by atoms with Gasteiger partial charge in [0.05, 0.1) is 6.21 Å². The van der Waals surface area contributed by atoms with Gasteiger partial charge in [-0.1, -0.05) is 72.8 Å². The summed E-state index contributed by atoms with van der Waals surface area (Å²) in [5.74, 6) is -0.162. The van der Waals surface area contributed by atoms with Crippen LogP contribution < -0.4 is 10.2 Å². The van der Waals surface area contributed by atoms with Crippen molar-refractivity contribution in [2.75, 3.05) is 0 Å². The van der Waals surface area contributed by atoms with E-state index in [4.69, 9.17) is 4.74 Å². The molecule has 0 unspecified atom stereocenters. The molecule has 5 aromatic carbocycles. The van der Waals surface area contributed by atoms with Crippen molar-refractivity contribution in [2.24, 2.45) is 5.10 Å². The van der Waals surface area contributed by atoms with Gasteiger partial charge in [0, 0.05) is 11.1 Å². The van der Waals surface area contributed by atoms with Gasteiger partial charge >= 0.3 is 0 Å². The Kier molecular flexibility index (Phi) is 5.99. The number of rotatable bonds is 6. The fraction of sp³-hybridized carbons (Fsp3) is 0.0345. The van der Waals surface area contributed by atoms with Crippen molar-refractivity contribution in [1.29, 1.82) is 0 Å². The molecule has 5 rings (SSSR count). The van der Waals surface area contributed by atoms with Gasteiger partial charge in [-0.3, -0.25) is 4.79 Å². The zero-order valence-corrected chi connectivity index (χ0v) is 18.2. The fourth-order valence-corrected chi connectivity index (χ4v) is 3.93. The highest BCUT2D eigenvalue weighted by Gasteiger charge is 2.10. The first-order chi connectivity index (χ1) is 16.7. The van der Waals surface area contributed by atoms with Gasteiger partial charge in [-0.25, -0.2) is 9.82 Å². The second-order valence-corrected chi connectivity index (χ2v) is 7.83. The van der Waals surface area contributed by atoms with Crippen LogP contribution >= 0.6 is 0 Å². The van der Waals surface area contributed by atoms with E-state index in [1.54, 1.807) is 6.21 Å². The first-order valence-corrected chi connectivity index (χ1v) is 10.9. The molecule has 0 aliphatic rings. The minimum atomic E-state index is -0.422. The van der Waals surface area contributed by atoms with Crippen molar-refractivity contribution in [3.05, 3.63) is 126 Å². The third-order valence-corrected chi connectivity index (χ3v) is 5.66. The van der Waals surface area contributed by atoms with E-state index in [0.29, 0.717) is 17.9 Å². The molecule has 166 valence electrons. The summed E-state index contributed by atoms with van der Waals surface area (Å²) in [6, 6.07) is 31.5. The second kappa shape index (κ2) is 9.55. The molecule has 0 spiro atoms. The van der Waals surface area contributed by atoms with Crippen molar-refractivity contribution >= 4 is 33.7 Å². The number of nitrogens with zero attached hydrogens (tertiary/aromatic N) is 1. The minimum absolute atomic E-state index is 0.323. The summed E-state index contributed by atoms with van der Waals surface area (Å²) in [4.78, 5) is 12.4. The molecule has 5 heteroatoms. The molecule has 0 heterocycles. The van der Waals surface area contributed by atoms with E-state index in [9.17, 15) is 9.18 Å². The molecule has 0 fully saturated rings. The molecule has 5 aromatic rings. The predicted molar refractivity (Wildman–Crippen MR) is 134 cm³/mol. The van der Waals surface area contributed by atoms with Crippen LogP contribution in [0.2, 0.25) is 0 Å². The van der Waals surface area contributed by atoms with Crippen molar-refractivity contribution in [3.63, 3.8) is 0 Å². The number of carbonyl (C=O) groups is 1. The number of halogens is 1. The molecule has 0 radical (unpaired) electrons. The van der Waals surface area contributed by atoms with Crippen LogP contribution in [0.25, 0.3) is 21.5 Å². The Morgan fingerprint density at radius 1 is 0.794 bits per heavy atom. The van der Waals surface area contributed by atoms with Crippen molar-refractivity contribution in [3.8, 4) is 5.75 Å². The molecule has 0 atom stereocenters. The molecule has 0 aliphatic carbocycles. The van der Waals surface area contributed by atoms with E-state index >= 15 is 0 Å². The van der Waals surface area contributed by atoms with Gasteiger partial charge in [0.2, 0.25) is 0 Å². The number of nitrogens with one attached hydrogen (secondary N) is 1. The average molecular weight is 448 g/mol. The molecule has 0 aliphatic heterocycles. The SMILES string of the molecule is O=C(N/N=C\c1c(OCc2cccc3ccccc23)ccc2ccccc12)c1ccc(F)cc1. The molecular weight excluding hydrogens is 427 g/mol. The maximum atomic E-state index is 13.1. The minimum Gasteiger partial charge on any atom is -0.488 e. The number of carbonyl (C=O) groups excluding carboxylic acids is 1. The summed E-state index contributed by atoms with van der Waals surface area (Å²) in [5, 5.41) is 8.45. The van der Waals surface area contributed by atoms with Crippen LogP contribution in [0.5, 0.6) is 5.75 Å². The topological polar surface area (TPSA) is 50.7 Å². The predicted octanol–water partition coefficient (Wildman–Crippen LogP) is 6.48. The van der Waals surface area contributed by atoms with Crippen LogP contribution in [-0.2, 0) is 6.61 Å². The van der Waals surface area contributed by atoms with Crippen molar-refractivity contribution in [1.82, 2.24) is 5.43 Å². The molecule has 0 saturated carbocycles. The maximum Gasteiger partial charge on any atom is 0.271 e. The lowest BCUT2D eigenvalue weighted by molar-refractivity contribution is 0.0955. The number of amides is 1. The molecule has 0 aromatic heterocycles. The van der Waals surface area contributed by atoms with Gasteiger partial charge in [0.1, 0.15) is 18.2 Å². The molecule has 4 nitrogen and oxygen atoms in total. The highest BCUT2D eigenvalue weighted by atomic mass is 19.1. The van der Waals surface area contributed by atoms with Gasteiger partial charge in [0.25, 0.3) is 5.91 Å². The Morgan fingerprint density at radius 3 is 2.26 bits per heavy atom. The van der Waals surface area contributed by atoms with Crippen LogP contribution in [-0.4, -0.2) is 12.1 Å². The number of ether oxygens (including phenoxy) is 1. The lowest BCUT2D eigenvalue weighted by Crippen LogP contribution is -2.17. The third kappa shape index (κ3) is 4.50. The highest BCUT2D eigenvalue weighted by molar-refractivity contribution is 6.03. The monoisotopic (exact) mass is 448 g/mol. The Labute approximate surface area is 196 Å². The molecule has 34 heavy (non-hydrogen) atoms. The van der Waals surface area contributed by atoms with Crippen molar-refractivity contribution < 1.29 is 13.9 Å².